The second-order valence-electron chi connectivity index (χ2n) is 5.93. The van der Waals surface area contributed by atoms with Gasteiger partial charge in [0.2, 0.25) is 5.91 Å². The zero-order valence-corrected chi connectivity index (χ0v) is 14.8. The van der Waals surface area contributed by atoms with Crippen LogP contribution in [0.15, 0.2) is 53.3 Å². The summed E-state index contributed by atoms with van der Waals surface area (Å²) in [5.74, 6) is -2.01. The Morgan fingerprint density at radius 2 is 1.71 bits per heavy atom. The number of nitrogens with zero attached hydrogens (tertiary/aromatic N) is 1. The van der Waals surface area contributed by atoms with E-state index < -0.39 is 29.4 Å². The Hall–Kier alpha value is -4.01. The summed E-state index contributed by atoms with van der Waals surface area (Å²) in [5, 5.41) is 9.15. The normalized spacial score (nSPS) is 11.6. The molecule has 142 valence electrons. The number of carbonyl (C=O) groups excluding carboxylic acids is 3. The molecule has 0 aliphatic carbocycles. The number of amides is 2. The predicted molar refractivity (Wildman–Crippen MR) is 101 cm³/mol. The second kappa shape index (κ2) is 7.70. The highest BCUT2D eigenvalue weighted by atomic mass is 16.5. The number of H-pyrrole nitrogens is 1. The van der Waals surface area contributed by atoms with Gasteiger partial charge in [-0.1, -0.05) is 18.2 Å². The van der Waals surface area contributed by atoms with Crippen molar-refractivity contribution in [1.82, 2.24) is 10.2 Å². The molecule has 3 rings (SSSR count). The Kier molecular flexibility index (Phi) is 5.16. The molecule has 0 bridgehead atoms. The number of nitrogens with one attached hydrogen (secondary N) is 2. The lowest BCUT2D eigenvalue weighted by molar-refractivity contribution is -0.123. The number of benzene rings is 2. The molecular formula is C19H16N4O5. The Balaban J connectivity index is 1.72. The lowest BCUT2D eigenvalue weighted by Gasteiger charge is -2.14. The quantitative estimate of drug-likeness (QED) is 0.567. The largest absolute Gasteiger partial charge is 0.448 e. The van der Waals surface area contributed by atoms with Gasteiger partial charge < -0.3 is 15.8 Å². The highest BCUT2D eigenvalue weighted by molar-refractivity contribution is 6.03. The number of ether oxygens (including phenoxy) is 1. The zero-order chi connectivity index (χ0) is 20.3. The van der Waals surface area contributed by atoms with Crippen molar-refractivity contribution >= 4 is 34.2 Å². The maximum absolute atomic E-state index is 12.4. The van der Waals surface area contributed by atoms with Crippen molar-refractivity contribution in [1.29, 1.82) is 0 Å². The van der Waals surface area contributed by atoms with Crippen LogP contribution in [0.5, 0.6) is 0 Å². The van der Waals surface area contributed by atoms with E-state index in [1.807, 2.05) is 0 Å². The minimum absolute atomic E-state index is 0.0966. The van der Waals surface area contributed by atoms with Gasteiger partial charge in [0.05, 0.1) is 5.39 Å². The zero-order valence-electron chi connectivity index (χ0n) is 14.8. The van der Waals surface area contributed by atoms with E-state index in [0.29, 0.717) is 16.6 Å². The Morgan fingerprint density at radius 1 is 1.07 bits per heavy atom. The summed E-state index contributed by atoms with van der Waals surface area (Å²) >= 11 is 0. The molecule has 2 aromatic carbocycles. The van der Waals surface area contributed by atoms with E-state index in [9.17, 15) is 19.2 Å². The van der Waals surface area contributed by atoms with Crippen molar-refractivity contribution in [3.63, 3.8) is 0 Å². The van der Waals surface area contributed by atoms with Gasteiger partial charge in [-0.2, -0.15) is 5.10 Å². The lowest BCUT2D eigenvalue weighted by atomic mass is 10.1. The first-order valence-corrected chi connectivity index (χ1v) is 8.26. The van der Waals surface area contributed by atoms with Crippen molar-refractivity contribution in [2.24, 2.45) is 5.73 Å². The van der Waals surface area contributed by atoms with Crippen LogP contribution >= 0.6 is 0 Å². The average Bonchev–Trinajstić information content (AvgIpc) is 2.68. The van der Waals surface area contributed by atoms with Crippen LogP contribution in [0.3, 0.4) is 0 Å². The van der Waals surface area contributed by atoms with Gasteiger partial charge in [-0.15, -0.1) is 0 Å². The number of anilines is 1. The lowest BCUT2D eigenvalue weighted by Crippen LogP contribution is -2.30. The van der Waals surface area contributed by atoms with Crippen LogP contribution in [0.25, 0.3) is 10.8 Å². The molecule has 9 nitrogen and oxygen atoms in total. The van der Waals surface area contributed by atoms with Crippen LogP contribution in [-0.4, -0.2) is 34.1 Å². The van der Waals surface area contributed by atoms with E-state index in [0.717, 1.165) is 0 Å². The topological polar surface area (TPSA) is 144 Å². The summed E-state index contributed by atoms with van der Waals surface area (Å²) < 4.78 is 5.17. The van der Waals surface area contributed by atoms with Crippen LogP contribution in [0.1, 0.15) is 27.8 Å². The third-order valence-electron chi connectivity index (χ3n) is 3.98. The van der Waals surface area contributed by atoms with Gasteiger partial charge in [0, 0.05) is 16.6 Å². The third-order valence-corrected chi connectivity index (χ3v) is 3.98. The second-order valence-corrected chi connectivity index (χ2v) is 5.93. The molecule has 9 heteroatoms. The van der Waals surface area contributed by atoms with E-state index in [2.05, 4.69) is 15.5 Å². The van der Waals surface area contributed by atoms with Crippen LogP contribution in [-0.2, 0) is 9.53 Å². The molecule has 2 amide bonds. The Morgan fingerprint density at radius 3 is 2.36 bits per heavy atom. The highest BCUT2D eigenvalue weighted by Gasteiger charge is 2.22. The summed E-state index contributed by atoms with van der Waals surface area (Å²) in [5.41, 5.74) is 5.34. The van der Waals surface area contributed by atoms with Gasteiger partial charge in [0.1, 0.15) is 0 Å². The number of aromatic nitrogens is 2. The molecular weight excluding hydrogens is 364 g/mol. The molecule has 0 unspecified atom stereocenters. The number of rotatable bonds is 5. The number of primary amides is 1. The van der Waals surface area contributed by atoms with Gasteiger partial charge in [0.25, 0.3) is 11.5 Å². The van der Waals surface area contributed by atoms with Gasteiger partial charge >= 0.3 is 5.97 Å². The van der Waals surface area contributed by atoms with Crippen molar-refractivity contribution in [3.8, 4) is 0 Å². The van der Waals surface area contributed by atoms with Crippen molar-refractivity contribution in [3.05, 3.63) is 70.1 Å². The van der Waals surface area contributed by atoms with E-state index in [1.54, 1.807) is 24.3 Å². The van der Waals surface area contributed by atoms with E-state index in [1.165, 1.54) is 31.2 Å². The molecule has 3 aromatic rings. The average molecular weight is 380 g/mol. The minimum Gasteiger partial charge on any atom is -0.448 e. The van der Waals surface area contributed by atoms with Gasteiger partial charge in [-0.05, 0) is 37.3 Å². The van der Waals surface area contributed by atoms with E-state index >= 15 is 0 Å². The van der Waals surface area contributed by atoms with Crippen LogP contribution in [0.4, 0.5) is 5.69 Å². The number of hydrogen-bond donors (Lipinski definition) is 3. The molecule has 0 saturated heterocycles. The number of carbonyl (C=O) groups is 3. The molecule has 0 spiro atoms. The summed E-state index contributed by atoms with van der Waals surface area (Å²) in [6.45, 7) is 1.40. The fourth-order valence-corrected chi connectivity index (χ4v) is 2.50. The first-order valence-electron chi connectivity index (χ1n) is 8.26. The number of aromatic amines is 1. The Bertz CT molecular complexity index is 1120. The molecule has 4 N–H and O–H groups in total. The number of esters is 1. The van der Waals surface area contributed by atoms with Crippen molar-refractivity contribution < 1.29 is 19.1 Å². The maximum Gasteiger partial charge on any atom is 0.360 e. The third kappa shape index (κ3) is 3.88. The molecule has 1 atom stereocenters. The molecule has 1 aromatic heterocycles. The van der Waals surface area contributed by atoms with E-state index in [-0.39, 0.29) is 11.1 Å². The van der Waals surface area contributed by atoms with Gasteiger partial charge in [-0.3, -0.25) is 14.4 Å². The summed E-state index contributed by atoms with van der Waals surface area (Å²) in [7, 11) is 0. The molecule has 0 aliphatic rings. The summed E-state index contributed by atoms with van der Waals surface area (Å²) in [6, 6.07) is 12.4. The molecule has 0 radical (unpaired) electrons. The molecule has 1 heterocycles. The Labute approximate surface area is 158 Å². The first-order chi connectivity index (χ1) is 13.4. The van der Waals surface area contributed by atoms with Crippen LogP contribution < -0.4 is 16.6 Å². The van der Waals surface area contributed by atoms with Gasteiger partial charge in [0.15, 0.2) is 11.8 Å². The number of hydrogen-bond acceptors (Lipinski definition) is 6. The minimum atomic E-state index is -1.13. The van der Waals surface area contributed by atoms with Crippen LogP contribution in [0, 0.1) is 0 Å². The summed E-state index contributed by atoms with van der Waals surface area (Å²) in [6.07, 6.45) is -1.13. The molecule has 0 saturated carbocycles. The summed E-state index contributed by atoms with van der Waals surface area (Å²) in [4.78, 5) is 47.5. The van der Waals surface area contributed by atoms with Crippen molar-refractivity contribution in [2.45, 2.75) is 13.0 Å². The highest BCUT2D eigenvalue weighted by Crippen LogP contribution is 2.15. The standard InChI is InChI=1S/C19H16N4O5/c1-10(17(25)21-12-8-6-11(7-9-12)16(20)24)28-19(27)15-13-4-2-3-5-14(13)18(26)23-22-15/h2-10H,1H3,(H2,20,24)(H,21,25)(H,23,26)/t10-/m1/s1. The molecule has 0 fully saturated rings. The number of fused-ring (bicyclic) bond motifs is 1. The van der Waals surface area contributed by atoms with Crippen molar-refractivity contribution in [2.75, 3.05) is 5.32 Å². The smallest absolute Gasteiger partial charge is 0.360 e. The molecule has 0 aliphatic heterocycles. The van der Waals surface area contributed by atoms with Gasteiger partial charge in [-0.25, -0.2) is 9.89 Å². The van der Waals surface area contributed by atoms with Crippen LogP contribution in [0.2, 0.25) is 0 Å². The monoisotopic (exact) mass is 380 g/mol. The predicted octanol–water partition coefficient (Wildman–Crippen LogP) is 1.21. The fourth-order valence-electron chi connectivity index (χ4n) is 2.50. The fraction of sp³-hybridized carbons (Fsp3) is 0.105. The number of nitrogens with two attached hydrogens (primary N) is 1. The SMILES string of the molecule is C[C@@H](OC(=O)c1n[nH]c(=O)c2ccccc12)C(=O)Nc1ccc(C(N)=O)cc1. The molecule has 28 heavy (non-hydrogen) atoms. The van der Waals surface area contributed by atoms with E-state index in [4.69, 9.17) is 10.5 Å². The first kappa shape index (κ1) is 18.8. The maximum atomic E-state index is 12.4.